The third-order valence-electron chi connectivity index (χ3n) is 13.7. The molecule has 296 valence electrons. The van der Waals surface area contributed by atoms with Crippen LogP contribution in [0.3, 0.4) is 0 Å². The summed E-state index contributed by atoms with van der Waals surface area (Å²) < 4.78 is 25.4. The summed E-state index contributed by atoms with van der Waals surface area (Å²) in [6.07, 6.45) is 12.2. The normalized spacial score (nSPS) is 28.5. The Bertz CT molecular complexity index is 1840. The van der Waals surface area contributed by atoms with Gasteiger partial charge in [0.05, 0.1) is 25.9 Å². The first-order valence-electron chi connectivity index (χ1n) is 20.7. The van der Waals surface area contributed by atoms with Gasteiger partial charge in [0.15, 0.2) is 11.5 Å². The number of aromatic nitrogens is 1. The number of piperidine rings is 1. The molecule has 0 amide bonds. The number of aliphatic carboxylic acids is 1. The Morgan fingerprint density at radius 1 is 1.07 bits per heavy atom. The third-order valence-corrected chi connectivity index (χ3v) is 13.9. The van der Waals surface area contributed by atoms with Crippen molar-refractivity contribution in [2.24, 2.45) is 17.8 Å². The fourth-order valence-electron chi connectivity index (χ4n) is 10.6. The zero-order chi connectivity index (χ0) is 38.2. The molecule has 2 fully saturated rings. The Labute approximate surface area is 331 Å². The number of benzene rings is 2. The minimum atomic E-state index is -1.08. The second kappa shape index (κ2) is 16.1. The van der Waals surface area contributed by atoms with Gasteiger partial charge >= 0.3 is 5.97 Å². The number of aryl methyl sites for hydroxylation is 1. The van der Waals surface area contributed by atoms with E-state index in [9.17, 15) is 9.90 Å². The molecular weight excluding hydrogens is 714 g/mol. The number of pyridine rings is 1. The number of fused-ring (bicyclic) bond motifs is 4. The molecule has 9 nitrogen and oxygen atoms in total. The largest absolute Gasteiger partial charge is 0.493 e. The molecule has 5 aliphatic rings. The molecule has 2 aliphatic heterocycles. The van der Waals surface area contributed by atoms with Gasteiger partial charge in [-0.25, -0.2) is 4.79 Å². The van der Waals surface area contributed by atoms with Crippen LogP contribution in [0.15, 0.2) is 48.7 Å². The van der Waals surface area contributed by atoms with Gasteiger partial charge < -0.3 is 34.3 Å². The van der Waals surface area contributed by atoms with E-state index in [1.54, 1.807) is 0 Å². The number of rotatable bonds is 11. The van der Waals surface area contributed by atoms with Gasteiger partial charge in [0.25, 0.3) is 0 Å². The average Bonchev–Trinajstić information content (AvgIpc) is 3.31. The smallest absolute Gasteiger partial charge is 0.329 e. The molecule has 3 heterocycles. The van der Waals surface area contributed by atoms with Crippen LogP contribution in [0.5, 0.6) is 17.2 Å². The number of hydrogen-bond donors (Lipinski definition) is 2. The summed E-state index contributed by atoms with van der Waals surface area (Å²) >= 11 is 6.32. The summed E-state index contributed by atoms with van der Waals surface area (Å²) in [5, 5.41) is 14.7. The van der Waals surface area contributed by atoms with Crippen LogP contribution in [0.4, 0.5) is 5.69 Å². The Morgan fingerprint density at radius 3 is 2.56 bits per heavy atom. The monoisotopic (exact) mass is 771 g/mol. The number of carboxylic acids is 1. The predicted molar refractivity (Wildman–Crippen MR) is 215 cm³/mol. The fraction of sp³-hybridized carbons (Fsp3) is 0.600. The van der Waals surface area contributed by atoms with Gasteiger partial charge in [0.2, 0.25) is 0 Å². The maximum absolute atomic E-state index is 13.1. The summed E-state index contributed by atoms with van der Waals surface area (Å²) in [6, 6.07) is 13.9. The van der Waals surface area contributed by atoms with Crippen LogP contribution >= 0.6 is 11.6 Å². The zero-order valence-electron chi connectivity index (χ0n) is 32.8. The van der Waals surface area contributed by atoms with Crippen LogP contribution in [0.25, 0.3) is 0 Å². The molecule has 55 heavy (non-hydrogen) atoms. The Morgan fingerprint density at radius 2 is 1.84 bits per heavy atom. The number of likely N-dealkylation sites (tertiary alicyclic amines) is 1. The molecular formula is C45H58ClN3O6. The standard InChI is InChI=1S/C45H58ClN3O6/c1-29(26-53-39-10-17-47-38-9-4-6-30(2)42(38)39)20-33-21-32-22-40-41(55-28-31(27-54-40)25-49-18-11-36(52-3)12-19-49)24-37(32)44(33)13-15-45(16-14-44,43(50)51)48-35-8-5-7-34(46)23-35/h5,7-8,10,17,22-24,29-31,33,36,48H,4,6,9,11-16,18-21,25-28H2,1-3H3,(H,50,51)/t29-,30-,31?,33+,44?,45?/m1/s1. The second-order valence-corrected chi connectivity index (χ2v) is 17.8. The highest BCUT2D eigenvalue weighted by molar-refractivity contribution is 6.30. The molecule has 2 N–H and O–H groups in total. The van der Waals surface area contributed by atoms with Crippen molar-refractivity contribution < 1.29 is 28.8 Å². The molecule has 8 rings (SSSR count). The van der Waals surface area contributed by atoms with Crippen molar-refractivity contribution in [1.29, 1.82) is 0 Å². The lowest BCUT2D eigenvalue weighted by Gasteiger charge is -2.47. The Balaban J connectivity index is 1.02. The Hall–Kier alpha value is -3.53. The molecule has 0 radical (unpaired) electrons. The Kier molecular flexibility index (Phi) is 11.3. The molecule has 1 aromatic heterocycles. The lowest BCUT2D eigenvalue weighted by molar-refractivity contribution is -0.144. The lowest BCUT2D eigenvalue weighted by Crippen LogP contribution is -2.53. The highest BCUT2D eigenvalue weighted by atomic mass is 35.5. The SMILES string of the molecule is COC1CCN(CC2COc3cc4c(cc3OC2)C2(CCC(Nc3cccc(Cl)c3)(C(=O)O)CC2)[C@@H](C[C@@H](C)COc2ccnc3c2[C@H](C)CCC3)C4)CC1. The van der Waals surface area contributed by atoms with Crippen molar-refractivity contribution in [2.75, 3.05) is 51.9 Å². The van der Waals surface area contributed by atoms with Crippen LogP contribution in [0.2, 0.25) is 5.02 Å². The van der Waals surface area contributed by atoms with Crippen molar-refractivity contribution in [3.8, 4) is 17.2 Å². The number of ether oxygens (including phenoxy) is 4. The number of carbonyl (C=O) groups is 1. The number of halogens is 1. The second-order valence-electron chi connectivity index (χ2n) is 17.4. The number of carboxylic acid groups (broad SMARTS) is 1. The van der Waals surface area contributed by atoms with E-state index in [2.05, 4.69) is 41.2 Å². The summed E-state index contributed by atoms with van der Waals surface area (Å²) in [5.41, 5.74) is 4.57. The highest BCUT2D eigenvalue weighted by Gasteiger charge is 2.54. The van der Waals surface area contributed by atoms with Gasteiger partial charge in [-0.3, -0.25) is 4.98 Å². The maximum atomic E-state index is 13.1. The van der Waals surface area contributed by atoms with Gasteiger partial charge in [-0.2, -0.15) is 0 Å². The minimum absolute atomic E-state index is 0.182. The molecule has 1 spiro atoms. The molecule has 10 heteroatoms. The van der Waals surface area contributed by atoms with Crippen LogP contribution < -0.4 is 19.5 Å². The molecule has 1 saturated carbocycles. The van der Waals surface area contributed by atoms with Crippen LogP contribution in [0.1, 0.15) is 99.9 Å². The van der Waals surface area contributed by atoms with E-state index in [0.717, 1.165) is 87.5 Å². The molecule has 1 saturated heterocycles. The van der Waals surface area contributed by atoms with Crippen LogP contribution in [0, 0.1) is 17.8 Å². The highest BCUT2D eigenvalue weighted by Crippen LogP contribution is 2.58. The van der Waals surface area contributed by atoms with Gasteiger partial charge in [-0.05, 0) is 141 Å². The van der Waals surface area contributed by atoms with Crippen LogP contribution in [-0.4, -0.2) is 79.2 Å². The van der Waals surface area contributed by atoms with Gasteiger partial charge in [-0.1, -0.05) is 31.5 Å². The third kappa shape index (κ3) is 7.91. The topological polar surface area (TPSA) is 102 Å². The van der Waals surface area contributed by atoms with E-state index in [1.165, 1.54) is 35.2 Å². The average molecular weight is 772 g/mol. The lowest BCUT2D eigenvalue weighted by atomic mass is 9.59. The first-order valence-corrected chi connectivity index (χ1v) is 21.1. The number of hydrogen-bond acceptors (Lipinski definition) is 8. The van der Waals surface area contributed by atoms with Crippen molar-refractivity contribution in [3.05, 3.63) is 76.1 Å². The van der Waals surface area contributed by atoms with Crippen molar-refractivity contribution in [3.63, 3.8) is 0 Å². The minimum Gasteiger partial charge on any atom is -0.493 e. The van der Waals surface area contributed by atoms with Crippen molar-refractivity contribution in [1.82, 2.24) is 9.88 Å². The van der Waals surface area contributed by atoms with Gasteiger partial charge in [-0.15, -0.1) is 0 Å². The molecule has 0 bridgehead atoms. The fourth-order valence-corrected chi connectivity index (χ4v) is 10.8. The first kappa shape index (κ1) is 38.3. The van der Waals surface area contributed by atoms with Crippen molar-refractivity contribution >= 4 is 23.3 Å². The van der Waals surface area contributed by atoms with Gasteiger partial charge in [0.1, 0.15) is 11.3 Å². The summed E-state index contributed by atoms with van der Waals surface area (Å²) in [5.74, 6) is 3.19. The summed E-state index contributed by atoms with van der Waals surface area (Å²) in [6.45, 7) is 9.50. The summed E-state index contributed by atoms with van der Waals surface area (Å²) in [7, 11) is 1.81. The molecule has 1 unspecified atom stereocenters. The first-order chi connectivity index (χ1) is 26.6. The van der Waals surface area contributed by atoms with Crippen LogP contribution in [-0.2, 0) is 27.8 Å². The predicted octanol–water partition coefficient (Wildman–Crippen LogP) is 8.70. The van der Waals surface area contributed by atoms with E-state index < -0.39 is 11.5 Å². The quantitative estimate of drug-likeness (QED) is 0.198. The number of nitrogens with one attached hydrogen (secondary N) is 1. The molecule has 3 aromatic rings. The molecule has 4 atom stereocenters. The van der Waals surface area contributed by atoms with E-state index in [4.69, 9.17) is 30.5 Å². The summed E-state index contributed by atoms with van der Waals surface area (Å²) in [4.78, 5) is 20.3. The maximum Gasteiger partial charge on any atom is 0.329 e. The number of methoxy groups -OCH3 is 1. The number of nitrogens with zero attached hydrogens (tertiary/aromatic N) is 2. The van der Waals surface area contributed by atoms with E-state index in [-0.39, 0.29) is 11.3 Å². The number of anilines is 1. The van der Waals surface area contributed by atoms with Crippen molar-refractivity contribution in [2.45, 2.75) is 107 Å². The molecule has 2 aromatic carbocycles. The zero-order valence-corrected chi connectivity index (χ0v) is 33.5. The molecule has 3 aliphatic carbocycles. The van der Waals surface area contributed by atoms with E-state index >= 15 is 0 Å². The van der Waals surface area contributed by atoms with Gasteiger partial charge in [0, 0.05) is 60.8 Å². The van der Waals surface area contributed by atoms with E-state index in [0.29, 0.717) is 61.5 Å². The van der Waals surface area contributed by atoms with E-state index in [1.807, 2.05) is 43.6 Å².